The number of pyridine rings is 4. The Morgan fingerprint density at radius 2 is 0.962 bits per heavy atom. The van der Waals surface area contributed by atoms with Crippen LogP contribution in [0.25, 0.3) is 43.8 Å². The Bertz CT molecular complexity index is 3290. The molecule has 0 atom stereocenters. The lowest BCUT2D eigenvalue weighted by atomic mass is 9.78. The summed E-state index contributed by atoms with van der Waals surface area (Å²) in [5.41, 5.74) is 7.19. The molecule has 0 radical (unpaired) electrons. The number of nitrogens with zero attached hydrogens (tertiary/aromatic N) is 7. The molecule has 2 saturated heterocycles. The van der Waals surface area contributed by atoms with Gasteiger partial charge in [-0.05, 0) is 120 Å². The molecule has 0 bridgehead atoms. The highest BCUT2D eigenvalue weighted by atomic mass is 35.5. The normalized spacial score (nSPS) is 16.3. The van der Waals surface area contributed by atoms with Crippen LogP contribution in [-0.2, 0) is 43.0 Å². The number of methoxy groups -OCH3 is 3. The molecule has 0 spiro atoms. The van der Waals surface area contributed by atoms with Crippen LogP contribution in [0.4, 0.5) is 17.1 Å². The molecule has 22 heteroatoms. The van der Waals surface area contributed by atoms with Crippen LogP contribution in [0.2, 0.25) is 10.2 Å². The second kappa shape index (κ2) is 25.1. The van der Waals surface area contributed by atoms with Crippen molar-refractivity contribution in [3.8, 4) is 11.1 Å². The molecular weight excluding hydrogens is 1050 g/mol. The molecule has 0 aliphatic carbocycles. The summed E-state index contributed by atoms with van der Waals surface area (Å²) in [6, 6.07) is 25.4. The number of rotatable bonds is 17. The Kier molecular flexibility index (Phi) is 19.4. The average molecular weight is 1130 g/mol. The zero-order valence-corrected chi connectivity index (χ0v) is 49.5. The summed E-state index contributed by atoms with van der Waals surface area (Å²) in [6.07, 6.45) is 6.94. The van der Waals surface area contributed by atoms with Crippen LogP contribution >= 0.6 is 23.2 Å². The van der Waals surface area contributed by atoms with Gasteiger partial charge in [0.05, 0.1) is 69.5 Å². The zero-order valence-electron chi connectivity index (χ0n) is 47.2. The van der Waals surface area contributed by atoms with E-state index in [1.807, 2.05) is 102 Å². The van der Waals surface area contributed by atoms with Crippen molar-refractivity contribution >= 4 is 108 Å². The standard InChI is InChI=1S/C22H28ClN5O4S.C19H27BN2O3.C15H17BClNO2/c1-27(9-11-31-3)21-7-8-24-19-6-5-16(13-18(19)21)17-14-20(22(23)25-15-17)26-33(29,30)28(2)10-12-32-4;1-18(2)19(3,4)25-20(24-18)14-7-8-16-15(13-14)17(9-10-21-16)22(5)11-12-23-6;1-14(2)15(3,4)20-16(19-14)10-5-6-13-11(9-10)12(17)7-8-18-13/h5-8,13-15,26H,9-12H2,1-4H3;7-10,13H,11-12H2,1-6H3;5-9H,1-4H3. The molecule has 0 amide bonds. The van der Waals surface area contributed by atoms with Crippen molar-refractivity contribution in [3.63, 3.8) is 0 Å². The van der Waals surface area contributed by atoms with Gasteiger partial charge in [0.1, 0.15) is 0 Å². The highest BCUT2D eigenvalue weighted by Gasteiger charge is 2.53. The fourth-order valence-corrected chi connectivity index (χ4v) is 9.76. The third-order valence-electron chi connectivity index (χ3n) is 14.7. The molecule has 2 aliphatic heterocycles. The molecule has 0 unspecified atom stereocenters. The summed E-state index contributed by atoms with van der Waals surface area (Å²) in [4.78, 5) is 21.7. The van der Waals surface area contributed by atoms with Gasteiger partial charge in [-0.2, -0.15) is 12.7 Å². The van der Waals surface area contributed by atoms with Crippen LogP contribution < -0.4 is 25.4 Å². The number of likely N-dealkylation sites (N-methyl/N-ethyl adjacent to an activating group) is 3. The molecule has 4 aromatic heterocycles. The molecule has 7 aromatic rings. The van der Waals surface area contributed by atoms with Gasteiger partial charge in [-0.25, -0.2) is 4.98 Å². The SMILES string of the molecule is CC1(C)OB(c2ccc3nccc(Cl)c3c2)OC1(C)C.COCCN(C)c1ccnc2ccc(-c3cnc(Cl)c(NS(=O)(=O)N(C)CCOC)c3)cc12.COCCN(C)c1ccnc2ccc(B3OC(C)(C)C(C)(C)O3)cc12. The van der Waals surface area contributed by atoms with Gasteiger partial charge in [0.15, 0.2) is 5.15 Å². The number of anilines is 3. The molecule has 416 valence electrons. The van der Waals surface area contributed by atoms with E-state index in [4.69, 9.17) is 56.0 Å². The van der Waals surface area contributed by atoms with Gasteiger partial charge in [0.2, 0.25) is 0 Å². The number of fused-ring (bicyclic) bond motifs is 3. The Morgan fingerprint density at radius 1 is 0.538 bits per heavy atom. The van der Waals surface area contributed by atoms with Gasteiger partial charge >= 0.3 is 24.4 Å². The first-order valence-electron chi connectivity index (χ1n) is 25.6. The fourth-order valence-electron chi connectivity index (χ4n) is 8.44. The van der Waals surface area contributed by atoms with Gasteiger partial charge in [-0.1, -0.05) is 53.5 Å². The van der Waals surface area contributed by atoms with Gasteiger partial charge in [-0.15, -0.1) is 0 Å². The largest absolute Gasteiger partial charge is 0.494 e. The topological polar surface area (TPSA) is 172 Å². The van der Waals surface area contributed by atoms with Crippen LogP contribution in [-0.4, -0.2) is 151 Å². The minimum atomic E-state index is -3.82. The first-order valence-corrected chi connectivity index (χ1v) is 27.8. The first-order chi connectivity index (χ1) is 36.8. The third-order valence-corrected chi connectivity index (χ3v) is 16.9. The van der Waals surface area contributed by atoms with Crippen molar-refractivity contribution in [1.29, 1.82) is 0 Å². The second-order valence-corrected chi connectivity index (χ2v) is 23.8. The van der Waals surface area contributed by atoms with Crippen molar-refractivity contribution in [2.75, 3.05) is 96.4 Å². The van der Waals surface area contributed by atoms with E-state index in [1.165, 1.54) is 14.2 Å². The number of nitrogens with one attached hydrogen (secondary N) is 1. The van der Waals surface area contributed by atoms with Gasteiger partial charge in [0.25, 0.3) is 0 Å². The molecule has 6 heterocycles. The molecule has 3 aromatic carbocycles. The summed E-state index contributed by atoms with van der Waals surface area (Å²) in [5.74, 6) is 0. The lowest BCUT2D eigenvalue weighted by molar-refractivity contribution is 0.00578. The maximum Gasteiger partial charge on any atom is 0.494 e. The maximum atomic E-state index is 12.6. The minimum Gasteiger partial charge on any atom is -0.399 e. The van der Waals surface area contributed by atoms with E-state index < -0.39 is 10.2 Å². The lowest BCUT2D eigenvalue weighted by Crippen LogP contribution is -2.41. The predicted molar refractivity (Wildman–Crippen MR) is 317 cm³/mol. The van der Waals surface area contributed by atoms with Crippen molar-refractivity contribution < 1.29 is 41.2 Å². The zero-order chi connectivity index (χ0) is 56.8. The van der Waals surface area contributed by atoms with Crippen molar-refractivity contribution in [2.24, 2.45) is 0 Å². The van der Waals surface area contributed by atoms with Crippen molar-refractivity contribution in [1.82, 2.24) is 24.2 Å². The highest BCUT2D eigenvalue weighted by Crippen LogP contribution is 2.39. The number of hydrogen-bond acceptors (Lipinski definition) is 15. The number of ether oxygens (including phenoxy) is 3. The monoisotopic (exact) mass is 1120 g/mol. The predicted octanol–water partition coefficient (Wildman–Crippen LogP) is 9.07. The number of aromatic nitrogens is 4. The lowest BCUT2D eigenvalue weighted by Gasteiger charge is -2.32. The highest BCUT2D eigenvalue weighted by molar-refractivity contribution is 7.90. The van der Waals surface area contributed by atoms with Crippen LogP contribution in [0.3, 0.4) is 0 Å². The third kappa shape index (κ3) is 13.8. The van der Waals surface area contributed by atoms with Crippen LogP contribution in [0.15, 0.2) is 104 Å². The molecule has 17 nitrogen and oxygen atoms in total. The summed E-state index contributed by atoms with van der Waals surface area (Å²) < 4.78 is 68.8. The van der Waals surface area contributed by atoms with E-state index in [9.17, 15) is 8.42 Å². The second-order valence-electron chi connectivity index (χ2n) is 21.2. The van der Waals surface area contributed by atoms with Crippen LogP contribution in [0, 0.1) is 0 Å². The van der Waals surface area contributed by atoms with E-state index in [-0.39, 0.29) is 60.6 Å². The average Bonchev–Trinajstić information content (AvgIpc) is 3.89. The molecule has 78 heavy (non-hydrogen) atoms. The molecule has 9 rings (SSSR count). The molecule has 1 N–H and O–H groups in total. The molecule has 2 fully saturated rings. The first kappa shape index (κ1) is 60.4. The summed E-state index contributed by atoms with van der Waals surface area (Å²) >= 11 is 12.4. The summed E-state index contributed by atoms with van der Waals surface area (Å²) in [5, 5.41) is 3.72. The van der Waals surface area contributed by atoms with Gasteiger partial charge < -0.3 is 42.6 Å². The van der Waals surface area contributed by atoms with Crippen LogP contribution in [0.5, 0.6) is 0 Å². The smallest absolute Gasteiger partial charge is 0.399 e. The van der Waals surface area contributed by atoms with Crippen LogP contribution in [0.1, 0.15) is 55.4 Å². The summed E-state index contributed by atoms with van der Waals surface area (Å²) in [7, 11) is 5.86. The van der Waals surface area contributed by atoms with E-state index >= 15 is 0 Å². The minimum absolute atomic E-state index is 0.0601. The molecule has 2 aliphatic rings. The van der Waals surface area contributed by atoms with E-state index in [1.54, 1.807) is 44.9 Å². The van der Waals surface area contributed by atoms with Gasteiger partial charge in [0, 0.05) is 120 Å². The summed E-state index contributed by atoms with van der Waals surface area (Å²) in [6.45, 7) is 19.7. The van der Waals surface area contributed by atoms with Crippen molar-refractivity contribution in [2.45, 2.75) is 77.8 Å². The quantitative estimate of drug-likeness (QED) is 0.0676. The maximum absolute atomic E-state index is 12.6. The van der Waals surface area contributed by atoms with E-state index in [0.29, 0.717) is 23.8 Å². The number of hydrogen-bond donors (Lipinski definition) is 1. The van der Waals surface area contributed by atoms with E-state index in [0.717, 1.165) is 78.0 Å². The molecule has 0 saturated carbocycles. The Morgan fingerprint density at radius 3 is 1.45 bits per heavy atom. The fraction of sp³-hybridized carbons (Fsp3) is 0.429. The molecular formula is C56H72B2Cl2N8O9S. The number of benzene rings is 3. The number of halogens is 2. The van der Waals surface area contributed by atoms with Gasteiger partial charge in [-0.3, -0.25) is 19.7 Å². The van der Waals surface area contributed by atoms with Crippen molar-refractivity contribution in [3.05, 3.63) is 114 Å². The Balaban J connectivity index is 0.000000175. The Labute approximate surface area is 470 Å². The van der Waals surface area contributed by atoms with E-state index in [2.05, 4.69) is 75.3 Å². The Hall–Kier alpha value is -5.22.